The van der Waals surface area contributed by atoms with Crippen molar-refractivity contribution >= 4 is 59.5 Å². The Balaban J connectivity index is 1.19. The van der Waals surface area contributed by atoms with Crippen LogP contribution in [0.15, 0.2) is 77.7 Å². The highest BCUT2D eigenvalue weighted by atomic mass is 32.2. The van der Waals surface area contributed by atoms with E-state index in [0.717, 1.165) is 69.4 Å². The van der Waals surface area contributed by atoms with Gasteiger partial charge in [0.15, 0.2) is 0 Å². The summed E-state index contributed by atoms with van der Waals surface area (Å²) in [5.41, 5.74) is 5.40. The van der Waals surface area contributed by atoms with E-state index in [1.54, 1.807) is 34.8 Å². The Labute approximate surface area is 259 Å². The van der Waals surface area contributed by atoms with Crippen molar-refractivity contribution in [2.75, 3.05) is 22.7 Å². The van der Waals surface area contributed by atoms with Crippen molar-refractivity contribution in [3.05, 3.63) is 94.4 Å². The Morgan fingerprint density at radius 1 is 0.930 bits per heavy atom. The zero-order chi connectivity index (χ0) is 29.7. The summed E-state index contributed by atoms with van der Waals surface area (Å²) in [4.78, 5) is 22.4. The summed E-state index contributed by atoms with van der Waals surface area (Å²) < 4.78 is 29.8. The van der Waals surface area contributed by atoms with E-state index >= 15 is 0 Å². The van der Waals surface area contributed by atoms with Gasteiger partial charge in [0.2, 0.25) is 0 Å². The molecule has 4 heterocycles. The maximum Gasteiger partial charge on any atom is 0.264 e. The zero-order valence-corrected chi connectivity index (χ0v) is 26.5. The van der Waals surface area contributed by atoms with Gasteiger partial charge in [0.25, 0.3) is 15.9 Å². The molecule has 0 saturated carbocycles. The fourth-order valence-electron chi connectivity index (χ4n) is 5.99. The number of para-hydroxylation sites is 2. The highest BCUT2D eigenvalue weighted by molar-refractivity contribution is 7.92. The van der Waals surface area contributed by atoms with Crippen LogP contribution in [0.4, 0.5) is 10.7 Å². The van der Waals surface area contributed by atoms with Crippen LogP contribution < -0.4 is 9.62 Å². The Morgan fingerprint density at radius 3 is 2.49 bits per heavy atom. The van der Waals surface area contributed by atoms with Crippen LogP contribution in [0.2, 0.25) is 0 Å². The number of hydrogen-bond acceptors (Lipinski definition) is 7. The van der Waals surface area contributed by atoms with E-state index < -0.39 is 10.0 Å². The molecular weight excluding hydrogens is 597 g/mol. The number of sulfonamides is 1. The quantitative estimate of drug-likeness (QED) is 0.215. The largest absolute Gasteiger partial charge is 0.313 e. The number of aromatic nitrogens is 1. The molecule has 0 unspecified atom stereocenters. The monoisotopic (exact) mass is 628 g/mol. The molecule has 7 rings (SSSR count). The third-order valence-electron chi connectivity index (χ3n) is 8.32. The van der Waals surface area contributed by atoms with Gasteiger partial charge in [0, 0.05) is 41.7 Å². The van der Waals surface area contributed by atoms with Crippen LogP contribution >= 0.6 is 22.7 Å². The van der Waals surface area contributed by atoms with E-state index in [1.807, 2.05) is 42.5 Å². The predicted molar refractivity (Wildman–Crippen MR) is 176 cm³/mol. The van der Waals surface area contributed by atoms with Crippen LogP contribution in [0.1, 0.15) is 46.6 Å². The molecule has 0 bridgehead atoms. The highest BCUT2D eigenvalue weighted by Crippen LogP contribution is 2.46. The topological polar surface area (TPSA) is 82.6 Å². The molecule has 10 heteroatoms. The maximum absolute atomic E-state index is 13.6. The second kappa shape index (κ2) is 11.2. The fourth-order valence-corrected chi connectivity index (χ4v) is 9.91. The smallest absolute Gasteiger partial charge is 0.264 e. The molecule has 2 aromatic heterocycles. The van der Waals surface area contributed by atoms with Crippen LogP contribution in [-0.2, 0) is 29.4 Å². The van der Waals surface area contributed by atoms with Crippen LogP contribution in [-0.4, -0.2) is 43.3 Å². The van der Waals surface area contributed by atoms with Crippen LogP contribution in [0, 0.1) is 0 Å². The van der Waals surface area contributed by atoms with Crippen molar-refractivity contribution in [3.8, 4) is 10.6 Å². The van der Waals surface area contributed by atoms with Crippen molar-refractivity contribution in [1.82, 2.24) is 9.88 Å². The van der Waals surface area contributed by atoms with Crippen molar-refractivity contribution in [2.24, 2.45) is 0 Å². The third kappa shape index (κ3) is 5.16. The molecule has 0 spiro atoms. The lowest BCUT2D eigenvalue weighted by Gasteiger charge is -2.30. The van der Waals surface area contributed by atoms with E-state index in [0.29, 0.717) is 18.2 Å². The Bertz CT molecular complexity index is 1910. The lowest BCUT2D eigenvalue weighted by atomic mass is 10.0. The number of anilines is 2. The minimum Gasteiger partial charge on any atom is -0.313 e. The van der Waals surface area contributed by atoms with Gasteiger partial charge in [-0.2, -0.15) is 0 Å². The van der Waals surface area contributed by atoms with Gasteiger partial charge in [-0.25, -0.2) is 13.4 Å². The first-order chi connectivity index (χ1) is 20.8. The van der Waals surface area contributed by atoms with Gasteiger partial charge in [0.05, 0.1) is 20.8 Å². The second-order valence-corrected chi connectivity index (χ2v) is 15.3. The Kier molecular flexibility index (Phi) is 7.33. The summed E-state index contributed by atoms with van der Waals surface area (Å²) in [6.07, 6.45) is 2.53. The third-order valence-corrected chi connectivity index (χ3v) is 12.3. The molecule has 0 radical (unpaired) electrons. The summed E-state index contributed by atoms with van der Waals surface area (Å²) in [5, 5.41) is 4.88. The lowest BCUT2D eigenvalue weighted by Crippen LogP contribution is -2.35. The van der Waals surface area contributed by atoms with Crippen molar-refractivity contribution in [2.45, 2.75) is 50.6 Å². The van der Waals surface area contributed by atoms with Gasteiger partial charge in [-0.1, -0.05) is 30.3 Å². The summed E-state index contributed by atoms with van der Waals surface area (Å²) in [6, 6.07) is 22.5. The molecule has 3 aromatic carbocycles. The van der Waals surface area contributed by atoms with Crippen LogP contribution in [0.5, 0.6) is 0 Å². The number of nitrogens with zero attached hydrogens (tertiary/aromatic N) is 3. The normalized spacial score (nSPS) is 15.5. The molecule has 7 nitrogen and oxygen atoms in total. The molecule has 220 valence electrons. The number of fused-ring (bicyclic) bond motifs is 3. The van der Waals surface area contributed by atoms with Crippen molar-refractivity contribution in [3.63, 3.8) is 0 Å². The number of rotatable bonds is 6. The van der Waals surface area contributed by atoms with E-state index in [-0.39, 0.29) is 10.8 Å². The van der Waals surface area contributed by atoms with Gasteiger partial charge in [-0.05, 0) is 86.7 Å². The fraction of sp³-hybridized carbons (Fsp3) is 0.273. The van der Waals surface area contributed by atoms with Gasteiger partial charge in [-0.3, -0.25) is 14.0 Å². The summed E-state index contributed by atoms with van der Waals surface area (Å²) in [7, 11) is -3.75. The molecule has 1 N–H and O–H groups in total. The van der Waals surface area contributed by atoms with E-state index in [9.17, 15) is 13.2 Å². The van der Waals surface area contributed by atoms with Gasteiger partial charge < -0.3 is 5.32 Å². The second-order valence-electron chi connectivity index (χ2n) is 11.3. The number of nitrogens with one attached hydrogen (secondary N) is 1. The standard InChI is InChI=1S/C33H32N4O3S3/c1-21(2)36-19-17-25-29(20-36)42-33(30(25)32-34-26-10-4-6-12-28(26)41-32)35-31(38)23-13-15-24(16-14-23)43(39,40)37-18-7-9-22-8-3-5-11-27(22)37/h3-6,8,10-16,21H,7,9,17-20H2,1-2H3,(H,35,38). The van der Waals surface area contributed by atoms with Crippen LogP contribution in [0.25, 0.3) is 20.8 Å². The first kappa shape index (κ1) is 28.2. The average Bonchev–Trinajstić information content (AvgIpc) is 3.61. The minimum absolute atomic E-state index is 0.177. The number of amides is 1. The van der Waals surface area contributed by atoms with Gasteiger partial charge in [-0.15, -0.1) is 22.7 Å². The first-order valence-corrected chi connectivity index (χ1v) is 17.6. The molecule has 5 aromatic rings. The first-order valence-electron chi connectivity index (χ1n) is 14.6. The molecule has 0 saturated heterocycles. The zero-order valence-electron chi connectivity index (χ0n) is 24.0. The van der Waals surface area contributed by atoms with E-state index in [4.69, 9.17) is 4.98 Å². The minimum atomic E-state index is -3.75. The maximum atomic E-state index is 13.6. The summed E-state index contributed by atoms with van der Waals surface area (Å²) in [6.45, 7) is 6.67. The van der Waals surface area contributed by atoms with Crippen molar-refractivity contribution < 1.29 is 13.2 Å². The van der Waals surface area contributed by atoms with Gasteiger partial charge >= 0.3 is 0 Å². The molecule has 2 aliphatic rings. The van der Waals surface area contributed by atoms with Gasteiger partial charge in [0.1, 0.15) is 10.0 Å². The molecule has 43 heavy (non-hydrogen) atoms. The number of thiazole rings is 1. The SMILES string of the molecule is CC(C)N1CCc2c(sc(NC(=O)c3ccc(S(=O)(=O)N4CCCc5ccccc54)cc3)c2-c2nc3ccccc3s2)C1. The van der Waals surface area contributed by atoms with Crippen LogP contribution in [0.3, 0.4) is 0 Å². The van der Waals surface area contributed by atoms with E-state index in [2.05, 4.69) is 30.1 Å². The van der Waals surface area contributed by atoms with Crippen molar-refractivity contribution in [1.29, 1.82) is 0 Å². The molecular formula is C33H32N4O3S3. The Hall–Kier alpha value is -3.57. The number of benzene rings is 3. The molecule has 0 atom stereocenters. The summed E-state index contributed by atoms with van der Waals surface area (Å²) in [5.74, 6) is -0.270. The molecule has 0 fully saturated rings. The predicted octanol–water partition coefficient (Wildman–Crippen LogP) is 7.19. The number of hydrogen-bond donors (Lipinski definition) is 1. The number of thiophene rings is 1. The highest BCUT2D eigenvalue weighted by Gasteiger charge is 2.30. The summed E-state index contributed by atoms with van der Waals surface area (Å²) >= 11 is 3.27. The lowest BCUT2D eigenvalue weighted by molar-refractivity contribution is 0.102. The Morgan fingerprint density at radius 2 is 1.70 bits per heavy atom. The molecule has 2 aliphatic heterocycles. The molecule has 0 aliphatic carbocycles. The number of carbonyl (C=O) groups is 1. The van der Waals surface area contributed by atoms with E-state index in [1.165, 1.54) is 26.9 Å². The number of carbonyl (C=O) groups excluding carboxylic acids is 1. The number of aryl methyl sites for hydroxylation is 1. The average molecular weight is 629 g/mol. The molecule has 1 amide bonds.